The fourth-order valence-corrected chi connectivity index (χ4v) is 2.49. The predicted octanol–water partition coefficient (Wildman–Crippen LogP) is 3.92. The molecular weight excluding hydrogens is 330 g/mol. The number of ketones is 1. The van der Waals surface area contributed by atoms with E-state index in [9.17, 15) is 14.4 Å². The van der Waals surface area contributed by atoms with Gasteiger partial charge < -0.3 is 10.1 Å². The smallest absolute Gasteiger partial charge is 0.306 e. The number of anilines is 1. The van der Waals surface area contributed by atoms with E-state index in [1.807, 2.05) is 37.3 Å². The molecule has 0 unspecified atom stereocenters. The molecule has 0 aliphatic rings. The number of benzene rings is 2. The van der Waals surface area contributed by atoms with Crippen LogP contribution < -0.4 is 5.32 Å². The summed E-state index contributed by atoms with van der Waals surface area (Å²) < 4.78 is 5.16. The summed E-state index contributed by atoms with van der Waals surface area (Å²) in [5.41, 5.74) is 2.30. The van der Waals surface area contributed by atoms with E-state index >= 15 is 0 Å². The van der Waals surface area contributed by atoms with Gasteiger partial charge in [-0.1, -0.05) is 42.5 Å². The molecule has 1 atom stereocenters. The number of Topliss-reactive ketones (excluding diaryl/α,β-unsaturated/α-hetero) is 1. The summed E-state index contributed by atoms with van der Waals surface area (Å²) in [6, 6.07) is 16.2. The minimum Gasteiger partial charge on any atom is -0.454 e. The lowest BCUT2D eigenvalue weighted by Gasteiger charge is -2.12. The van der Waals surface area contributed by atoms with E-state index in [0.29, 0.717) is 12.0 Å². The van der Waals surface area contributed by atoms with Gasteiger partial charge in [0.15, 0.2) is 6.10 Å². The normalized spacial score (nSPS) is 11.5. The molecule has 1 amide bonds. The summed E-state index contributed by atoms with van der Waals surface area (Å²) in [5.74, 6) is -0.877. The number of carbonyl (C=O) groups is 3. The van der Waals surface area contributed by atoms with Crippen LogP contribution in [0.4, 0.5) is 5.69 Å². The fraction of sp³-hybridized carbons (Fsp3) is 0.286. The molecule has 26 heavy (non-hydrogen) atoms. The highest BCUT2D eigenvalue weighted by Gasteiger charge is 2.19. The van der Waals surface area contributed by atoms with Crippen molar-refractivity contribution >= 4 is 23.3 Å². The second-order valence-electron chi connectivity index (χ2n) is 6.13. The summed E-state index contributed by atoms with van der Waals surface area (Å²) in [4.78, 5) is 35.9. The standard InChI is InChI=1S/C21H23NO4/c1-15-8-6-11-18(14-15)22-19(23)12-7-13-20(24)26-16(2)21(25)17-9-4-3-5-10-17/h3-6,8-11,14,16H,7,12-13H2,1-2H3,(H,22,23)/t16-/m0/s1. The van der Waals surface area contributed by atoms with Gasteiger partial charge in [-0.3, -0.25) is 14.4 Å². The lowest BCUT2D eigenvalue weighted by molar-refractivity contribution is -0.146. The number of rotatable bonds is 8. The van der Waals surface area contributed by atoms with Crippen molar-refractivity contribution in [3.8, 4) is 0 Å². The van der Waals surface area contributed by atoms with Crippen molar-refractivity contribution in [1.82, 2.24) is 0 Å². The molecule has 0 saturated carbocycles. The van der Waals surface area contributed by atoms with Crippen molar-refractivity contribution in [2.45, 2.75) is 39.2 Å². The van der Waals surface area contributed by atoms with Gasteiger partial charge in [-0.2, -0.15) is 0 Å². The minimum absolute atomic E-state index is 0.0909. The van der Waals surface area contributed by atoms with E-state index in [-0.39, 0.29) is 24.5 Å². The predicted molar refractivity (Wildman–Crippen MR) is 100.0 cm³/mol. The average molecular weight is 353 g/mol. The molecule has 0 heterocycles. The van der Waals surface area contributed by atoms with E-state index in [4.69, 9.17) is 4.74 Å². The van der Waals surface area contributed by atoms with Gasteiger partial charge in [-0.05, 0) is 38.0 Å². The van der Waals surface area contributed by atoms with Crippen LogP contribution in [-0.2, 0) is 14.3 Å². The molecule has 0 spiro atoms. The molecule has 0 aliphatic carbocycles. The Hall–Kier alpha value is -2.95. The van der Waals surface area contributed by atoms with Gasteiger partial charge in [0.05, 0.1) is 0 Å². The SMILES string of the molecule is Cc1cccc(NC(=O)CCCC(=O)O[C@@H](C)C(=O)c2ccccc2)c1. The highest BCUT2D eigenvalue weighted by molar-refractivity contribution is 6.00. The van der Waals surface area contributed by atoms with Gasteiger partial charge in [-0.25, -0.2) is 0 Å². The number of carbonyl (C=O) groups excluding carboxylic acids is 3. The summed E-state index contributed by atoms with van der Waals surface area (Å²) in [6.45, 7) is 3.50. The van der Waals surface area contributed by atoms with Gasteiger partial charge >= 0.3 is 5.97 Å². The Kier molecular flexibility index (Phi) is 7.09. The van der Waals surface area contributed by atoms with E-state index in [1.165, 1.54) is 0 Å². The van der Waals surface area contributed by atoms with Crippen LogP contribution in [0, 0.1) is 6.92 Å². The minimum atomic E-state index is -0.842. The number of esters is 1. The van der Waals surface area contributed by atoms with Crippen molar-refractivity contribution in [3.63, 3.8) is 0 Å². The van der Waals surface area contributed by atoms with Crippen LogP contribution in [0.5, 0.6) is 0 Å². The lowest BCUT2D eigenvalue weighted by atomic mass is 10.1. The molecule has 0 aromatic heterocycles. The third kappa shape index (κ3) is 6.16. The Morgan fingerprint density at radius 3 is 2.42 bits per heavy atom. The molecule has 0 fully saturated rings. The van der Waals surface area contributed by atoms with Crippen LogP contribution in [0.15, 0.2) is 54.6 Å². The summed E-state index contributed by atoms with van der Waals surface area (Å²) in [7, 11) is 0. The highest BCUT2D eigenvalue weighted by Crippen LogP contribution is 2.11. The zero-order chi connectivity index (χ0) is 18.9. The van der Waals surface area contributed by atoms with Crippen LogP contribution in [0.25, 0.3) is 0 Å². The Labute approximate surface area is 153 Å². The molecule has 0 bridgehead atoms. The van der Waals surface area contributed by atoms with Crippen molar-refractivity contribution in [3.05, 3.63) is 65.7 Å². The molecule has 136 valence electrons. The molecule has 2 aromatic rings. The van der Waals surface area contributed by atoms with Crippen LogP contribution >= 0.6 is 0 Å². The molecule has 1 N–H and O–H groups in total. The first-order valence-corrected chi connectivity index (χ1v) is 8.61. The van der Waals surface area contributed by atoms with Crippen molar-refractivity contribution in [2.24, 2.45) is 0 Å². The largest absolute Gasteiger partial charge is 0.454 e. The zero-order valence-electron chi connectivity index (χ0n) is 15.0. The maximum Gasteiger partial charge on any atom is 0.306 e. The summed E-state index contributed by atoms with van der Waals surface area (Å²) >= 11 is 0. The molecule has 0 aliphatic heterocycles. The number of hydrogen-bond acceptors (Lipinski definition) is 4. The maximum absolute atomic E-state index is 12.2. The van der Waals surface area contributed by atoms with Crippen molar-refractivity contribution in [2.75, 3.05) is 5.32 Å². The molecule has 2 rings (SSSR count). The highest BCUT2D eigenvalue weighted by atomic mass is 16.5. The first-order valence-electron chi connectivity index (χ1n) is 8.61. The summed E-state index contributed by atoms with van der Waals surface area (Å²) in [5, 5.41) is 2.79. The van der Waals surface area contributed by atoms with E-state index in [0.717, 1.165) is 11.3 Å². The third-order valence-electron chi connectivity index (χ3n) is 3.82. The second-order valence-corrected chi connectivity index (χ2v) is 6.13. The van der Waals surface area contributed by atoms with Crippen LogP contribution in [-0.4, -0.2) is 23.8 Å². The Balaban J connectivity index is 1.71. The van der Waals surface area contributed by atoms with Gasteiger partial charge in [0.1, 0.15) is 0 Å². The monoisotopic (exact) mass is 353 g/mol. The van der Waals surface area contributed by atoms with Crippen molar-refractivity contribution < 1.29 is 19.1 Å². The second kappa shape index (κ2) is 9.51. The molecular formula is C21H23NO4. The molecule has 5 heteroatoms. The van der Waals surface area contributed by atoms with Gasteiger partial charge in [-0.15, -0.1) is 0 Å². The zero-order valence-corrected chi connectivity index (χ0v) is 15.0. The molecule has 0 saturated heterocycles. The van der Waals surface area contributed by atoms with Crippen LogP contribution in [0.3, 0.4) is 0 Å². The van der Waals surface area contributed by atoms with Gasteiger partial charge in [0.25, 0.3) is 0 Å². The average Bonchev–Trinajstić information content (AvgIpc) is 2.61. The van der Waals surface area contributed by atoms with E-state index < -0.39 is 12.1 Å². The van der Waals surface area contributed by atoms with Gasteiger partial charge in [0.2, 0.25) is 11.7 Å². The quantitative estimate of drug-likeness (QED) is 0.577. The third-order valence-corrected chi connectivity index (χ3v) is 3.82. The Bertz CT molecular complexity index is 771. The van der Waals surface area contributed by atoms with Crippen LogP contribution in [0.1, 0.15) is 42.1 Å². The Morgan fingerprint density at radius 2 is 1.73 bits per heavy atom. The molecule has 0 radical (unpaired) electrons. The van der Waals surface area contributed by atoms with Crippen LogP contribution in [0.2, 0.25) is 0 Å². The Morgan fingerprint density at radius 1 is 1.00 bits per heavy atom. The number of nitrogens with one attached hydrogen (secondary N) is 1. The first kappa shape index (κ1) is 19.4. The number of aryl methyl sites for hydroxylation is 1. The number of amides is 1. The maximum atomic E-state index is 12.2. The number of ether oxygens (including phenoxy) is 1. The fourth-order valence-electron chi connectivity index (χ4n) is 2.49. The summed E-state index contributed by atoms with van der Waals surface area (Å²) in [6.07, 6.45) is -0.175. The van der Waals surface area contributed by atoms with E-state index in [2.05, 4.69) is 5.32 Å². The number of hydrogen-bond donors (Lipinski definition) is 1. The lowest BCUT2D eigenvalue weighted by Crippen LogP contribution is -2.24. The van der Waals surface area contributed by atoms with Crippen molar-refractivity contribution in [1.29, 1.82) is 0 Å². The molecule has 5 nitrogen and oxygen atoms in total. The first-order chi connectivity index (χ1) is 12.5. The topological polar surface area (TPSA) is 72.5 Å². The van der Waals surface area contributed by atoms with Gasteiger partial charge in [0, 0.05) is 24.1 Å². The van der Waals surface area contributed by atoms with E-state index in [1.54, 1.807) is 31.2 Å². The molecule has 2 aromatic carbocycles.